The van der Waals surface area contributed by atoms with Gasteiger partial charge in [0, 0.05) is 42.3 Å². The Kier molecular flexibility index (Phi) is 5.66. The zero-order valence-electron chi connectivity index (χ0n) is 18.0. The van der Waals surface area contributed by atoms with Gasteiger partial charge in [-0.15, -0.1) is 10.2 Å². The van der Waals surface area contributed by atoms with Gasteiger partial charge in [-0.3, -0.25) is 4.79 Å². The fourth-order valence-electron chi connectivity index (χ4n) is 5.14. The second-order valence-electron chi connectivity index (χ2n) is 8.77. The van der Waals surface area contributed by atoms with Gasteiger partial charge in [0.25, 0.3) is 0 Å². The smallest absolute Gasteiger partial charge is 0.246 e. The van der Waals surface area contributed by atoms with Gasteiger partial charge >= 0.3 is 0 Å². The molecule has 3 aromatic rings. The molecule has 3 atom stereocenters. The first-order chi connectivity index (χ1) is 15.7. The van der Waals surface area contributed by atoms with Crippen LogP contribution < -0.4 is 0 Å². The van der Waals surface area contributed by atoms with Crippen LogP contribution in [0.2, 0.25) is 0 Å². The molecule has 2 N–H and O–H groups in total. The van der Waals surface area contributed by atoms with E-state index in [-0.39, 0.29) is 11.7 Å². The molecular weight excluding hydrogens is 404 g/mol. The second-order valence-corrected chi connectivity index (χ2v) is 8.77. The van der Waals surface area contributed by atoms with Gasteiger partial charge in [0.1, 0.15) is 5.75 Å². The molecule has 32 heavy (non-hydrogen) atoms. The van der Waals surface area contributed by atoms with Crippen molar-refractivity contribution in [2.24, 2.45) is 5.92 Å². The van der Waals surface area contributed by atoms with Crippen LogP contribution in [0.15, 0.2) is 49.2 Å². The molecule has 3 aliphatic rings. The molecule has 2 unspecified atom stereocenters. The van der Waals surface area contributed by atoms with Crippen molar-refractivity contribution in [2.75, 3.05) is 19.8 Å². The van der Waals surface area contributed by atoms with Crippen molar-refractivity contribution in [3.8, 4) is 17.0 Å². The summed E-state index contributed by atoms with van der Waals surface area (Å²) in [6.07, 6.45) is 8.29. The normalized spacial score (nSPS) is 23.9. The molecule has 2 aromatic heterocycles. The molecule has 166 valence electrons. The number of para-hydroxylation sites is 1. The molecule has 0 spiro atoms. The lowest BCUT2D eigenvalue weighted by Crippen LogP contribution is -2.55. The quantitative estimate of drug-likeness (QED) is 0.610. The lowest BCUT2D eigenvalue weighted by Gasteiger charge is -2.44. The summed E-state index contributed by atoms with van der Waals surface area (Å²) < 4.78 is 5.47. The number of carbonyl (C=O) groups excluding carboxylic acids is 1. The number of rotatable bonds is 3. The molecule has 0 radical (unpaired) electrons. The highest BCUT2D eigenvalue weighted by molar-refractivity contribution is 5.88. The van der Waals surface area contributed by atoms with Gasteiger partial charge in [-0.05, 0) is 55.0 Å². The molecule has 1 aromatic carbocycles. The SMILES string of the molecule is C=CC(=O)N1C[C@@H]2CCCC21.Oc1ccccc1-c1cc2c(C3CCOC3)c[nH]c2nn1. The summed E-state index contributed by atoms with van der Waals surface area (Å²) in [5.41, 5.74) is 3.37. The predicted molar refractivity (Wildman–Crippen MR) is 122 cm³/mol. The van der Waals surface area contributed by atoms with Crippen LogP contribution in [0.1, 0.15) is 37.2 Å². The van der Waals surface area contributed by atoms with Crippen LogP contribution in [-0.2, 0) is 9.53 Å². The van der Waals surface area contributed by atoms with Crippen LogP contribution >= 0.6 is 0 Å². The molecule has 0 bridgehead atoms. The molecular formula is C25H28N4O3. The number of aromatic hydroxyl groups is 1. The molecule has 1 amide bonds. The van der Waals surface area contributed by atoms with E-state index >= 15 is 0 Å². The number of H-pyrrole nitrogens is 1. The van der Waals surface area contributed by atoms with Crippen molar-refractivity contribution in [2.45, 2.75) is 37.6 Å². The van der Waals surface area contributed by atoms with E-state index in [2.05, 4.69) is 21.8 Å². The van der Waals surface area contributed by atoms with E-state index in [4.69, 9.17) is 4.74 Å². The lowest BCUT2D eigenvalue weighted by molar-refractivity contribution is -0.136. The maximum absolute atomic E-state index is 11.1. The number of likely N-dealkylation sites (tertiary alicyclic amines) is 1. The van der Waals surface area contributed by atoms with Crippen molar-refractivity contribution in [1.82, 2.24) is 20.1 Å². The Morgan fingerprint density at radius 1 is 1.25 bits per heavy atom. The van der Waals surface area contributed by atoms with E-state index in [0.29, 0.717) is 23.2 Å². The number of ether oxygens (including phenoxy) is 1. The number of aromatic amines is 1. The molecule has 7 heteroatoms. The van der Waals surface area contributed by atoms with Gasteiger partial charge < -0.3 is 19.7 Å². The Morgan fingerprint density at radius 3 is 2.88 bits per heavy atom. The maximum atomic E-state index is 11.1. The summed E-state index contributed by atoms with van der Waals surface area (Å²) in [5.74, 6) is 1.56. The Bertz CT molecular complexity index is 1140. The first-order valence-electron chi connectivity index (χ1n) is 11.3. The molecule has 1 aliphatic carbocycles. The number of aromatic nitrogens is 3. The zero-order valence-corrected chi connectivity index (χ0v) is 18.0. The van der Waals surface area contributed by atoms with Gasteiger partial charge in [-0.1, -0.05) is 25.1 Å². The Balaban J connectivity index is 0.000000165. The molecule has 7 nitrogen and oxygen atoms in total. The number of nitrogens with one attached hydrogen (secondary N) is 1. The minimum absolute atomic E-state index is 0.119. The van der Waals surface area contributed by atoms with E-state index < -0.39 is 0 Å². The van der Waals surface area contributed by atoms with E-state index in [1.165, 1.54) is 30.9 Å². The first-order valence-corrected chi connectivity index (χ1v) is 11.3. The number of carbonyl (C=O) groups is 1. The summed E-state index contributed by atoms with van der Waals surface area (Å²) in [7, 11) is 0. The second kappa shape index (κ2) is 8.74. The Hall–Kier alpha value is -3.19. The van der Waals surface area contributed by atoms with Crippen LogP contribution in [-0.4, -0.2) is 56.9 Å². The fourth-order valence-corrected chi connectivity index (χ4v) is 5.14. The number of benzene rings is 1. The predicted octanol–water partition coefficient (Wildman–Crippen LogP) is 4.02. The first kappa shape index (κ1) is 20.7. The molecule has 6 rings (SSSR count). The van der Waals surface area contributed by atoms with E-state index in [1.54, 1.807) is 12.1 Å². The van der Waals surface area contributed by atoms with Gasteiger partial charge in [-0.25, -0.2) is 0 Å². The van der Waals surface area contributed by atoms with Gasteiger partial charge in [-0.2, -0.15) is 0 Å². The third-order valence-corrected chi connectivity index (χ3v) is 6.93. The third kappa shape index (κ3) is 3.77. The summed E-state index contributed by atoms with van der Waals surface area (Å²) in [6, 6.07) is 9.73. The zero-order chi connectivity index (χ0) is 22.1. The van der Waals surface area contributed by atoms with E-state index in [1.807, 2.05) is 29.3 Å². The van der Waals surface area contributed by atoms with Crippen LogP contribution in [0.5, 0.6) is 5.75 Å². The number of amides is 1. The van der Waals surface area contributed by atoms with E-state index in [0.717, 1.165) is 43.1 Å². The van der Waals surface area contributed by atoms with Crippen molar-refractivity contribution in [1.29, 1.82) is 0 Å². The van der Waals surface area contributed by atoms with Crippen molar-refractivity contribution >= 4 is 16.9 Å². The maximum Gasteiger partial charge on any atom is 0.246 e. The average molecular weight is 433 g/mol. The molecule has 2 aliphatic heterocycles. The minimum atomic E-state index is 0.119. The van der Waals surface area contributed by atoms with Crippen LogP contribution in [0.3, 0.4) is 0 Å². The van der Waals surface area contributed by atoms with Crippen molar-refractivity contribution in [3.63, 3.8) is 0 Å². The fraction of sp³-hybridized carbons (Fsp3) is 0.400. The van der Waals surface area contributed by atoms with Gasteiger partial charge in [0.05, 0.1) is 12.3 Å². The molecule has 4 heterocycles. The lowest BCUT2D eigenvalue weighted by atomic mass is 9.92. The summed E-state index contributed by atoms with van der Waals surface area (Å²) in [6.45, 7) is 6.03. The standard InChI is InChI=1S/C16H15N3O2.C9H13NO/c20-15-4-2-1-3-11(15)14-7-12-13(10-5-6-21-9-10)8-17-16(12)19-18-14;1-2-9(11)10-6-7-4-3-5-8(7)10/h1-4,7-8,10,20H,5-6,9H2,(H,17,19);2,7-8H,1,3-6H2/t;7-,8?/m.0/s1. The number of hydrogen-bond acceptors (Lipinski definition) is 5. The molecule has 2 saturated heterocycles. The van der Waals surface area contributed by atoms with Crippen molar-refractivity contribution in [3.05, 3.63) is 54.7 Å². The number of phenols is 1. The number of hydrogen-bond donors (Lipinski definition) is 2. The van der Waals surface area contributed by atoms with Crippen LogP contribution in [0.4, 0.5) is 0 Å². The number of phenolic OH excluding ortho intramolecular Hbond substituents is 1. The monoisotopic (exact) mass is 432 g/mol. The number of fused-ring (bicyclic) bond motifs is 2. The summed E-state index contributed by atoms with van der Waals surface area (Å²) in [5, 5.41) is 19.5. The number of nitrogens with zero attached hydrogens (tertiary/aromatic N) is 3. The largest absolute Gasteiger partial charge is 0.507 e. The van der Waals surface area contributed by atoms with Crippen molar-refractivity contribution < 1.29 is 14.6 Å². The topological polar surface area (TPSA) is 91.3 Å². The summed E-state index contributed by atoms with van der Waals surface area (Å²) in [4.78, 5) is 16.3. The highest BCUT2D eigenvalue weighted by Gasteiger charge is 2.43. The Labute approximate surface area is 187 Å². The van der Waals surface area contributed by atoms with Crippen LogP contribution in [0.25, 0.3) is 22.3 Å². The molecule has 1 saturated carbocycles. The third-order valence-electron chi connectivity index (χ3n) is 6.93. The summed E-state index contributed by atoms with van der Waals surface area (Å²) >= 11 is 0. The van der Waals surface area contributed by atoms with Crippen LogP contribution in [0, 0.1) is 5.92 Å². The minimum Gasteiger partial charge on any atom is -0.507 e. The Morgan fingerprint density at radius 2 is 2.12 bits per heavy atom. The highest BCUT2D eigenvalue weighted by Crippen LogP contribution is 2.38. The van der Waals surface area contributed by atoms with Gasteiger partial charge in [0.15, 0.2) is 5.65 Å². The van der Waals surface area contributed by atoms with Gasteiger partial charge in [0.2, 0.25) is 5.91 Å². The highest BCUT2D eigenvalue weighted by atomic mass is 16.5. The molecule has 3 fully saturated rings. The van der Waals surface area contributed by atoms with E-state index in [9.17, 15) is 9.90 Å². The average Bonchev–Trinajstić information content (AvgIpc) is 3.54.